The quantitative estimate of drug-likeness (QED) is 0.152. The zero-order valence-corrected chi connectivity index (χ0v) is 26.8. The molecule has 8 rings (SSSR count). The maximum Gasteiger partial charge on any atom is 0.146 e. The van der Waals surface area contributed by atoms with E-state index in [0.29, 0.717) is 0 Å². The lowest BCUT2D eigenvalue weighted by Crippen LogP contribution is -2.37. The molecule has 214 valence electrons. The Bertz CT molecular complexity index is 2400. The van der Waals surface area contributed by atoms with Crippen molar-refractivity contribution in [3.05, 3.63) is 127 Å². The smallest absolute Gasteiger partial charge is 0.146 e. The SMILES string of the molecule is CC(C)(c1cc2ccccc2c(-c2ccc([Si](C)(C)C)cc2)n1)c1ccc2c(n1)c1ccccc1c1nc3ccccc3n21. The van der Waals surface area contributed by atoms with Gasteiger partial charge in [-0.05, 0) is 49.6 Å². The Hall–Kier alpha value is -4.87. The molecule has 4 nitrogen and oxygen atoms in total. The highest BCUT2D eigenvalue weighted by molar-refractivity contribution is 6.88. The summed E-state index contributed by atoms with van der Waals surface area (Å²) in [5.74, 6) is 0. The van der Waals surface area contributed by atoms with Crippen LogP contribution >= 0.6 is 0 Å². The molecule has 0 aliphatic rings. The van der Waals surface area contributed by atoms with Crippen molar-refractivity contribution in [3.63, 3.8) is 0 Å². The minimum atomic E-state index is -1.40. The van der Waals surface area contributed by atoms with E-state index >= 15 is 0 Å². The van der Waals surface area contributed by atoms with Crippen LogP contribution in [0.15, 0.2) is 115 Å². The maximum atomic E-state index is 5.43. The van der Waals surface area contributed by atoms with E-state index in [2.05, 4.69) is 147 Å². The largest absolute Gasteiger partial charge is 0.290 e. The van der Waals surface area contributed by atoms with Crippen LogP contribution in [0.4, 0.5) is 0 Å². The second kappa shape index (κ2) is 9.56. The summed E-state index contributed by atoms with van der Waals surface area (Å²) in [7, 11) is -1.40. The summed E-state index contributed by atoms with van der Waals surface area (Å²) in [4.78, 5) is 15.8. The van der Waals surface area contributed by atoms with Crippen LogP contribution in [0.2, 0.25) is 19.6 Å². The molecule has 0 fully saturated rings. The van der Waals surface area contributed by atoms with Crippen molar-refractivity contribution < 1.29 is 0 Å². The molecule has 0 radical (unpaired) electrons. The predicted molar refractivity (Wildman–Crippen MR) is 188 cm³/mol. The monoisotopic (exact) mass is 586 g/mol. The lowest BCUT2D eigenvalue weighted by molar-refractivity contribution is 0.600. The third-order valence-electron chi connectivity index (χ3n) is 9.14. The van der Waals surface area contributed by atoms with Crippen molar-refractivity contribution in [2.75, 3.05) is 0 Å². The first kappa shape index (κ1) is 26.7. The molecule has 0 N–H and O–H groups in total. The molecular weight excluding hydrogens is 553 g/mol. The topological polar surface area (TPSA) is 43.1 Å². The highest BCUT2D eigenvalue weighted by atomic mass is 28.3. The Morgan fingerprint density at radius 3 is 2.05 bits per heavy atom. The first-order valence-corrected chi connectivity index (χ1v) is 18.8. The van der Waals surface area contributed by atoms with E-state index in [1.54, 1.807) is 0 Å². The number of pyridine rings is 3. The third-order valence-corrected chi connectivity index (χ3v) is 11.2. The molecular formula is C39H34N4Si. The highest BCUT2D eigenvalue weighted by Crippen LogP contribution is 2.37. The molecule has 0 bridgehead atoms. The van der Waals surface area contributed by atoms with E-state index in [9.17, 15) is 0 Å². The van der Waals surface area contributed by atoms with Gasteiger partial charge in [0.1, 0.15) is 5.65 Å². The van der Waals surface area contributed by atoms with Gasteiger partial charge < -0.3 is 0 Å². The second-order valence-corrected chi connectivity index (χ2v) is 18.5. The number of imidazole rings is 1. The summed E-state index contributed by atoms with van der Waals surface area (Å²) >= 11 is 0. The molecule has 8 aromatic rings. The van der Waals surface area contributed by atoms with Crippen molar-refractivity contribution in [1.29, 1.82) is 0 Å². The van der Waals surface area contributed by atoms with Gasteiger partial charge in [0.2, 0.25) is 0 Å². The molecule has 0 saturated heterocycles. The van der Waals surface area contributed by atoms with Crippen molar-refractivity contribution in [1.82, 2.24) is 19.4 Å². The zero-order valence-electron chi connectivity index (χ0n) is 25.8. The Balaban J connectivity index is 1.35. The number of fused-ring (bicyclic) bond motifs is 9. The van der Waals surface area contributed by atoms with Gasteiger partial charge in [-0.3, -0.25) is 9.38 Å². The van der Waals surface area contributed by atoms with Crippen LogP contribution in [-0.4, -0.2) is 27.4 Å². The molecule has 4 aromatic heterocycles. The molecule has 0 atom stereocenters. The van der Waals surface area contributed by atoms with Crippen LogP contribution in [0, 0.1) is 0 Å². The Kier molecular flexibility index (Phi) is 5.81. The lowest BCUT2D eigenvalue weighted by Gasteiger charge is -2.26. The average Bonchev–Trinajstić information content (AvgIpc) is 3.44. The van der Waals surface area contributed by atoms with Crippen molar-refractivity contribution in [2.45, 2.75) is 38.9 Å². The Morgan fingerprint density at radius 2 is 1.27 bits per heavy atom. The summed E-state index contributed by atoms with van der Waals surface area (Å²) < 4.78 is 2.26. The molecule has 0 saturated carbocycles. The fraction of sp³-hybridized carbons (Fsp3) is 0.154. The van der Waals surface area contributed by atoms with Gasteiger partial charge in [-0.1, -0.05) is 110 Å². The van der Waals surface area contributed by atoms with E-state index in [4.69, 9.17) is 15.0 Å². The number of hydrogen-bond acceptors (Lipinski definition) is 3. The van der Waals surface area contributed by atoms with Crippen LogP contribution in [0.5, 0.6) is 0 Å². The van der Waals surface area contributed by atoms with Gasteiger partial charge in [0.15, 0.2) is 0 Å². The number of benzene rings is 4. The average molecular weight is 587 g/mol. The summed E-state index contributed by atoms with van der Waals surface area (Å²) in [6.45, 7) is 11.6. The molecule has 0 aliphatic heterocycles. The van der Waals surface area contributed by atoms with Crippen LogP contribution in [0.1, 0.15) is 25.2 Å². The fourth-order valence-electron chi connectivity index (χ4n) is 6.51. The minimum Gasteiger partial charge on any atom is -0.290 e. The van der Waals surface area contributed by atoms with Gasteiger partial charge >= 0.3 is 0 Å². The van der Waals surface area contributed by atoms with Gasteiger partial charge in [0, 0.05) is 27.1 Å². The maximum absolute atomic E-state index is 5.43. The number of aromatic nitrogens is 4. The van der Waals surface area contributed by atoms with Crippen LogP contribution in [0.25, 0.3) is 60.5 Å². The summed E-state index contributed by atoms with van der Waals surface area (Å²) in [5.41, 5.74) is 8.79. The first-order chi connectivity index (χ1) is 21.2. The van der Waals surface area contributed by atoms with E-state index in [-0.39, 0.29) is 0 Å². The van der Waals surface area contributed by atoms with Gasteiger partial charge in [0.25, 0.3) is 0 Å². The van der Waals surface area contributed by atoms with E-state index in [1.165, 1.54) is 16.0 Å². The van der Waals surface area contributed by atoms with Crippen molar-refractivity contribution in [3.8, 4) is 11.3 Å². The molecule has 5 heteroatoms. The minimum absolute atomic E-state index is 0.446. The standard InChI is InChI=1S/C39H34N4Si/c1-39(2,35-24-26-12-6-7-13-28(26)36(42-35)25-18-20-27(21-19-25)44(3,4)5)34-23-22-33-37(41-34)29-14-8-9-15-30(29)38-40-31-16-10-11-17-32(31)43(33)38/h6-24H,1-5H3. The van der Waals surface area contributed by atoms with E-state index < -0.39 is 13.5 Å². The normalized spacial score (nSPS) is 12.7. The second-order valence-electron chi connectivity index (χ2n) is 13.4. The molecule has 0 aliphatic carbocycles. The number of nitrogens with zero attached hydrogens (tertiary/aromatic N) is 4. The number of para-hydroxylation sites is 2. The van der Waals surface area contributed by atoms with Gasteiger partial charge in [-0.2, -0.15) is 0 Å². The summed E-state index contributed by atoms with van der Waals surface area (Å²) in [6, 6.07) is 41.1. The molecule has 4 heterocycles. The van der Waals surface area contributed by atoms with Crippen LogP contribution < -0.4 is 5.19 Å². The predicted octanol–water partition coefficient (Wildman–Crippen LogP) is 9.28. The zero-order chi connectivity index (χ0) is 30.2. The molecule has 0 spiro atoms. The Morgan fingerprint density at radius 1 is 0.591 bits per heavy atom. The molecule has 4 aromatic carbocycles. The van der Waals surface area contributed by atoms with Crippen molar-refractivity contribution >= 4 is 62.5 Å². The first-order valence-electron chi connectivity index (χ1n) is 15.3. The van der Waals surface area contributed by atoms with E-state index in [0.717, 1.165) is 61.1 Å². The summed E-state index contributed by atoms with van der Waals surface area (Å²) in [5, 5.41) is 6.02. The number of rotatable bonds is 4. The van der Waals surface area contributed by atoms with Crippen molar-refractivity contribution in [2.24, 2.45) is 0 Å². The third kappa shape index (κ3) is 4.07. The summed E-state index contributed by atoms with van der Waals surface area (Å²) in [6.07, 6.45) is 0. The van der Waals surface area contributed by atoms with Gasteiger partial charge in [-0.15, -0.1) is 0 Å². The van der Waals surface area contributed by atoms with Crippen LogP contribution in [-0.2, 0) is 5.41 Å². The molecule has 0 unspecified atom stereocenters. The molecule has 0 amide bonds. The highest BCUT2D eigenvalue weighted by Gasteiger charge is 2.29. The van der Waals surface area contributed by atoms with Crippen LogP contribution in [0.3, 0.4) is 0 Å². The van der Waals surface area contributed by atoms with Gasteiger partial charge in [-0.25, -0.2) is 9.97 Å². The molecule has 44 heavy (non-hydrogen) atoms. The fourth-order valence-corrected chi connectivity index (χ4v) is 7.68. The van der Waals surface area contributed by atoms with E-state index in [1.807, 2.05) is 6.07 Å². The number of hydrogen-bond donors (Lipinski definition) is 0. The Labute approximate surface area is 258 Å². The van der Waals surface area contributed by atoms with Gasteiger partial charge in [0.05, 0.1) is 47.2 Å². The lowest BCUT2D eigenvalue weighted by atomic mass is 9.83.